The van der Waals surface area contributed by atoms with Gasteiger partial charge in [0.15, 0.2) is 0 Å². The van der Waals surface area contributed by atoms with E-state index in [-0.39, 0.29) is 22.9 Å². The molecule has 5 saturated heterocycles. The van der Waals surface area contributed by atoms with Gasteiger partial charge in [0, 0.05) is 29.8 Å². The van der Waals surface area contributed by atoms with E-state index in [9.17, 15) is 4.79 Å². The monoisotopic (exact) mass is 371 g/mol. The topological polar surface area (TPSA) is 38.8 Å². The third-order valence-corrected chi connectivity index (χ3v) is 11.4. The maximum absolute atomic E-state index is 13.0. The van der Waals surface area contributed by atoms with Crippen LogP contribution in [0.4, 0.5) is 0 Å². The van der Waals surface area contributed by atoms with Gasteiger partial charge in [-0.3, -0.25) is 9.69 Å². The minimum Gasteiger partial charge on any atom is -0.469 e. The second-order valence-electron chi connectivity index (χ2n) is 11.4. The van der Waals surface area contributed by atoms with Gasteiger partial charge in [-0.25, -0.2) is 0 Å². The molecule has 0 N–H and O–H groups in total. The number of ether oxygens (including phenoxy) is 2. The number of fused-ring (bicyclic) bond motifs is 1. The molecule has 0 aromatic carbocycles. The summed E-state index contributed by atoms with van der Waals surface area (Å²) in [5.74, 6) is 3.41. The van der Waals surface area contributed by atoms with E-state index >= 15 is 0 Å². The third kappa shape index (κ3) is 1.35. The van der Waals surface area contributed by atoms with Crippen molar-refractivity contribution in [1.82, 2.24) is 4.90 Å². The van der Waals surface area contributed by atoms with Crippen molar-refractivity contribution in [3.8, 4) is 0 Å². The average molecular weight is 372 g/mol. The fourth-order valence-electron chi connectivity index (χ4n) is 10.8. The fourth-order valence-corrected chi connectivity index (χ4v) is 10.8. The van der Waals surface area contributed by atoms with Crippen molar-refractivity contribution >= 4 is 5.97 Å². The number of methoxy groups -OCH3 is 1. The number of carbonyl (C=O) groups excluding carboxylic acids is 1. The molecule has 9 aliphatic rings. The van der Waals surface area contributed by atoms with Crippen molar-refractivity contribution in [3.63, 3.8) is 0 Å². The summed E-state index contributed by atoms with van der Waals surface area (Å²) in [6.07, 6.45) is 9.19. The fraction of sp³-hybridized carbons (Fsp3) is 0.957. The number of carbonyl (C=O) groups is 1. The molecular weight excluding hydrogens is 338 g/mol. The third-order valence-electron chi connectivity index (χ3n) is 11.4. The van der Waals surface area contributed by atoms with Crippen LogP contribution in [0.1, 0.15) is 58.8 Å². The minimum absolute atomic E-state index is 0.0395. The zero-order valence-corrected chi connectivity index (χ0v) is 16.9. The van der Waals surface area contributed by atoms with Gasteiger partial charge in [-0.15, -0.1) is 0 Å². The molecule has 9 rings (SSSR count). The van der Waals surface area contributed by atoms with Crippen LogP contribution in [0.25, 0.3) is 0 Å². The molecule has 4 aliphatic carbocycles. The summed E-state index contributed by atoms with van der Waals surface area (Å²) in [5.41, 5.74) is 0.480. The summed E-state index contributed by atoms with van der Waals surface area (Å²) in [7, 11) is 1.59. The van der Waals surface area contributed by atoms with Crippen LogP contribution in [-0.4, -0.2) is 42.4 Å². The molecular formula is C23H33NO3. The predicted molar refractivity (Wildman–Crippen MR) is 99.6 cm³/mol. The smallest absolute Gasteiger partial charge is 0.309 e. The van der Waals surface area contributed by atoms with Crippen LogP contribution in [0.15, 0.2) is 0 Å². The van der Waals surface area contributed by atoms with E-state index in [0.717, 1.165) is 18.3 Å². The zero-order chi connectivity index (χ0) is 18.3. The van der Waals surface area contributed by atoms with Crippen molar-refractivity contribution in [2.45, 2.75) is 76.7 Å². The van der Waals surface area contributed by atoms with Gasteiger partial charge in [-0.05, 0) is 68.1 Å². The highest BCUT2D eigenvalue weighted by Gasteiger charge is 2.88. The maximum atomic E-state index is 13.0. The van der Waals surface area contributed by atoms with Crippen molar-refractivity contribution in [2.75, 3.05) is 13.7 Å². The Bertz CT molecular complexity index is 739. The summed E-state index contributed by atoms with van der Waals surface area (Å²) in [4.78, 5) is 15.8. The van der Waals surface area contributed by atoms with Crippen LogP contribution >= 0.6 is 0 Å². The Morgan fingerprint density at radius 3 is 2.70 bits per heavy atom. The van der Waals surface area contributed by atoms with Crippen LogP contribution in [-0.2, 0) is 14.3 Å². The average Bonchev–Trinajstić information content (AvgIpc) is 3.22. The molecule has 0 aromatic rings. The molecule has 5 aliphatic heterocycles. The second kappa shape index (κ2) is 4.59. The standard InChI is InChI=1S/C23H33NO3/c1-12-11-24-18-14(12)8-9-21(2)17-7-5-13-4-6-16-15(20(25)26-3)10-22(18,21)23(13,16)27-19(17)24/h12-19H,4-11H2,1-3H3. The Labute approximate surface area is 162 Å². The Morgan fingerprint density at radius 2 is 1.93 bits per heavy atom. The molecule has 0 amide bonds. The van der Waals surface area contributed by atoms with E-state index in [1.807, 2.05) is 0 Å². The molecule has 11 atom stereocenters. The quantitative estimate of drug-likeness (QED) is 0.662. The Hall–Kier alpha value is -0.610. The molecule has 4 nitrogen and oxygen atoms in total. The van der Waals surface area contributed by atoms with Crippen LogP contribution in [0, 0.1) is 46.3 Å². The number of rotatable bonds is 1. The molecule has 148 valence electrons. The van der Waals surface area contributed by atoms with E-state index < -0.39 is 0 Å². The first kappa shape index (κ1) is 16.2. The highest BCUT2D eigenvalue weighted by Crippen LogP contribution is 2.84. The van der Waals surface area contributed by atoms with E-state index in [2.05, 4.69) is 18.7 Å². The minimum atomic E-state index is -0.0395. The first-order chi connectivity index (χ1) is 13.0. The first-order valence-corrected chi connectivity index (χ1v) is 11.5. The van der Waals surface area contributed by atoms with Crippen molar-refractivity contribution in [2.24, 2.45) is 46.3 Å². The molecule has 0 radical (unpaired) electrons. The van der Waals surface area contributed by atoms with Crippen LogP contribution in [0.5, 0.6) is 0 Å². The van der Waals surface area contributed by atoms with Gasteiger partial charge in [0.2, 0.25) is 0 Å². The molecule has 11 unspecified atom stereocenters. The zero-order valence-electron chi connectivity index (χ0n) is 16.9. The Balaban J connectivity index is 1.53. The number of nitrogens with zero attached hydrogens (tertiary/aromatic N) is 1. The largest absolute Gasteiger partial charge is 0.469 e. The van der Waals surface area contributed by atoms with Gasteiger partial charge in [-0.1, -0.05) is 13.8 Å². The summed E-state index contributed by atoms with van der Waals surface area (Å²) >= 11 is 0. The highest BCUT2D eigenvalue weighted by molar-refractivity contribution is 5.74. The number of piperidine rings is 1. The molecule has 6 bridgehead atoms. The van der Waals surface area contributed by atoms with Gasteiger partial charge in [0.25, 0.3) is 0 Å². The summed E-state index contributed by atoms with van der Waals surface area (Å²) in [6.45, 7) is 6.32. The predicted octanol–water partition coefficient (Wildman–Crippen LogP) is 3.45. The molecule has 4 heteroatoms. The number of hydrogen-bond acceptors (Lipinski definition) is 4. The summed E-state index contributed by atoms with van der Waals surface area (Å²) in [5, 5.41) is 0. The first-order valence-electron chi connectivity index (χ1n) is 11.5. The van der Waals surface area contributed by atoms with E-state index in [1.54, 1.807) is 7.11 Å². The number of hydrogen-bond donors (Lipinski definition) is 0. The van der Waals surface area contributed by atoms with Gasteiger partial charge in [-0.2, -0.15) is 0 Å². The van der Waals surface area contributed by atoms with Crippen molar-refractivity contribution in [1.29, 1.82) is 0 Å². The molecule has 5 heterocycles. The van der Waals surface area contributed by atoms with Gasteiger partial charge in [0.05, 0.1) is 18.6 Å². The molecule has 27 heavy (non-hydrogen) atoms. The molecule has 0 aromatic heterocycles. The Morgan fingerprint density at radius 1 is 1.15 bits per heavy atom. The van der Waals surface area contributed by atoms with Crippen LogP contribution in [0.2, 0.25) is 0 Å². The highest BCUT2D eigenvalue weighted by atomic mass is 16.5. The molecule has 2 spiro atoms. The molecule has 9 fully saturated rings. The normalized spacial score (nSPS) is 64.7. The lowest BCUT2D eigenvalue weighted by Crippen LogP contribution is -2.81. The lowest BCUT2D eigenvalue weighted by Gasteiger charge is -2.76. The lowest BCUT2D eigenvalue weighted by atomic mass is 9.40. The SMILES string of the molecule is COC(=O)C1CC23C4C5CCC2(C)C2CCC6CCC1C63OC2N4CC5C. The second-order valence-corrected chi connectivity index (χ2v) is 11.4. The van der Waals surface area contributed by atoms with Crippen molar-refractivity contribution in [3.05, 3.63) is 0 Å². The van der Waals surface area contributed by atoms with Crippen molar-refractivity contribution < 1.29 is 14.3 Å². The van der Waals surface area contributed by atoms with Gasteiger partial charge >= 0.3 is 5.97 Å². The van der Waals surface area contributed by atoms with Crippen LogP contribution in [0.3, 0.4) is 0 Å². The number of esters is 1. The lowest BCUT2D eigenvalue weighted by molar-refractivity contribution is -0.392. The van der Waals surface area contributed by atoms with E-state index in [1.165, 1.54) is 45.1 Å². The van der Waals surface area contributed by atoms with E-state index in [4.69, 9.17) is 9.47 Å². The Kier molecular flexibility index (Phi) is 2.75. The summed E-state index contributed by atoms with van der Waals surface area (Å²) < 4.78 is 12.7. The van der Waals surface area contributed by atoms with E-state index in [0.29, 0.717) is 35.4 Å². The van der Waals surface area contributed by atoms with Crippen LogP contribution < -0.4 is 0 Å². The summed E-state index contributed by atoms with van der Waals surface area (Å²) in [6, 6.07) is 0.650. The van der Waals surface area contributed by atoms with Gasteiger partial charge in [0.1, 0.15) is 6.23 Å². The van der Waals surface area contributed by atoms with Gasteiger partial charge < -0.3 is 9.47 Å². The maximum Gasteiger partial charge on any atom is 0.309 e. The molecule has 4 saturated carbocycles.